The van der Waals surface area contributed by atoms with Crippen molar-refractivity contribution in [3.63, 3.8) is 0 Å². The van der Waals surface area contributed by atoms with Gasteiger partial charge >= 0.3 is 5.97 Å². The first-order valence-corrected chi connectivity index (χ1v) is 7.62. The molecular weight excluding hydrogens is 270 g/mol. The van der Waals surface area contributed by atoms with E-state index in [9.17, 15) is 9.90 Å². The lowest BCUT2D eigenvalue weighted by atomic mass is 9.98. The van der Waals surface area contributed by atoms with Crippen molar-refractivity contribution in [2.45, 2.75) is 91.3 Å². The minimum absolute atomic E-state index is 0.0455. The summed E-state index contributed by atoms with van der Waals surface area (Å²) in [6.45, 7) is 14.7. The van der Waals surface area contributed by atoms with Crippen LogP contribution in [0.25, 0.3) is 0 Å². The van der Waals surface area contributed by atoms with E-state index in [0.717, 1.165) is 0 Å². The van der Waals surface area contributed by atoms with Crippen molar-refractivity contribution >= 4 is 5.97 Å². The summed E-state index contributed by atoms with van der Waals surface area (Å²) >= 11 is 0. The van der Waals surface area contributed by atoms with Crippen LogP contribution in [0, 0.1) is 5.92 Å². The molecular formula is C16H33NO4. The van der Waals surface area contributed by atoms with E-state index >= 15 is 0 Å². The molecule has 3 atom stereocenters. The van der Waals surface area contributed by atoms with Gasteiger partial charge in [0.2, 0.25) is 0 Å². The van der Waals surface area contributed by atoms with E-state index in [1.54, 1.807) is 13.8 Å². The molecule has 0 aromatic carbocycles. The zero-order valence-electron chi connectivity index (χ0n) is 14.8. The fraction of sp³-hybridized carbons (Fsp3) is 0.938. The Hall–Kier alpha value is -0.650. The number of esters is 1. The maximum absolute atomic E-state index is 11.8. The van der Waals surface area contributed by atoms with Gasteiger partial charge in [-0.15, -0.1) is 0 Å². The standard InChI is InChI=1S/C16H33NO4/c1-10(2)13(17)14(18)20-11(3)9-15(5,6)21-12(4)16(7,8)19/h10-13,19H,9,17H2,1-8H3. The molecule has 0 amide bonds. The third-order valence-corrected chi connectivity index (χ3v) is 3.58. The fourth-order valence-electron chi connectivity index (χ4n) is 1.95. The monoisotopic (exact) mass is 303 g/mol. The third kappa shape index (κ3) is 7.79. The van der Waals surface area contributed by atoms with Gasteiger partial charge in [0.25, 0.3) is 0 Å². The molecule has 0 rings (SSSR count). The quantitative estimate of drug-likeness (QED) is 0.672. The zero-order valence-corrected chi connectivity index (χ0v) is 14.8. The van der Waals surface area contributed by atoms with Crippen LogP contribution >= 0.6 is 0 Å². The highest BCUT2D eigenvalue weighted by molar-refractivity contribution is 5.75. The molecule has 0 fully saturated rings. The number of nitrogens with two attached hydrogens (primary N) is 1. The van der Waals surface area contributed by atoms with Crippen LogP contribution in [0.4, 0.5) is 0 Å². The van der Waals surface area contributed by atoms with Gasteiger partial charge in [-0.05, 0) is 47.5 Å². The first kappa shape index (κ1) is 20.3. The number of ether oxygens (including phenoxy) is 2. The summed E-state index contributed by atoms with van der Waals surface area (Å²) in [5.74, 6) is -0.340. The predicted molar refractivity (Wildman–Crippen MR) is 83.9 cm³/mol. The molecule has 5 heteroatoms. The molecule has 0 radical (unpaired) electrons. The Labute approximate surface area is 129 Å². The molecule has 0 bridgehead atoms. The Kier molecular flexibility index (Phi) is 7.33. The fourth-order valence-corrected chi connectivity index (χ4v) is 1.95. The van der Waals surface area contributed by atoms with Crippen molar-refractivity contribution < 1.29 is 19.4 Å². The molecule has 5 nitrogen and oxygen atoms in total. The lowest BCUT2D eigenvalue weighted by Crippen LogP contribution is -2.44. The zero-order chi connectivity index (χ0) is 17.0. The topological polar surface area (TPSA) is 81.8 Å². The summed E-state index contributed by atoms with van der Waals surface area (Å²) in [6, 6.07) is -0.605. The van der Waals surface area contributed by atoms with Crippen LogP contribution in [-0.4, -0.2) is 40.5 Å². The minimum atomic E-state index is -0.919. The molecule has 0 aliphatic heterocycles. The van der Waals surface area contributed by atoms with E-state index in [4.69, 9.17) is 15.2 Å². The van der Waals surface area contributed by atoms with Gasteiger partial charge in [-0.2, -0.15) is 0 Å². The van der Waals surface area contributed by atoms with Crippen molar-refractivity contribution in [3.8, 4) is 0 Å². The molecule has 3 unspecified atom stereocenters. The minimum Gasteiger partial charge on any atom is -0.461 e. The van der Waals surface area contributed by atoms with E-state index in [0.29, 0.717) is 6.42 Å². The van der Waals surface area contributed by atoms with Crippen LogP contribution in [0.5, 0.6) is 0 Å². The van der Waals surface area contributed by atoms with E-state index in [2.05, 4.69) is 0 Å². The third-order valence-electron chi connectivity index (χ3n) is 3.58. The molecule has 0 heterocycles. The van der Waals surface area contributed by atoms with Gasteiger partial charge in [0.1, 0.15) is 12.1 Å². The second kappa shape index (κ2) is 7.56. The van der Waals surface area contributed by atoms with Gasteiger partial charge in [0.05, 0.1) is 17.3 Å². The van der Waals surface area contributed by atoms with Gasteiger partial charge < -0.3 is 20.3 Å². The van der Waals surface area contributed by atoms with Crippen molar-refractivity contribution in [3.05, 3.63) is 0 Å². The Morgan fingerprint density at radius 3 is 2.00 bits per heavy atom. The number of carbonyl (C=O) groups is 1. The van der Waals surface area contributed by atoms with Crippen molar-refractivity contribution in [1.82, 2.24) is 0 Å². The van der Waals surface area contributed by atoms with Crippen LogP contribution in [0.2, 0.25) is 0 Å². The molecule has 0 aromatic rings. The number of hydrogen-bond donors (Lipinski definition) is 2. The Balaban J connectivity index is 4.49. The van der Waals surface area contributed by atoms with Gasteiger partial charge in [-0.1, -0.05) is 13.8 Å². The highest BCUT2D eigenvalue weighted by Gasteiger charge is 2.32. The summed E-state index contributed by atoms with van der Waals surface area (Å²) in [7, 11) is 0. The van der Waals surface area contributed by atoms with E-state index < -0.39 is 17.2 Å². The molecule has 0 saturated heterocycles. The van der Waals surface area contributed by atoms with Crippen molar-refractivity contribution in [2.24, 2.45) is 11.7 Å². The van der Waals surface area contributed by atoms with E-state index in [-0.39, 0.29) is 24.1 Å². The molecule has 0 aliphatic carbocycles. The highest BCUT2D eigenvalue weighted by atomic mass is 16.6. The Morgan fingerprint density at radius 2 is 1.62 bits per heavy atom. The van der Waals surface area contributed by atoms with Gasteiger partial charge in [-0.3, -0.25) is 4.79 Å². The molecule has 21 heavy (non-hydrogen) atoms. The maximum Gasteiger partial charge on any atom is 0.323 e. The Bertz CT molecular complexity index is 334. The summed E-state index contributed by atoms with van der Waals surface area (Å²) in [4.78, 5) is 11.8. The average Bonchev–Trinajstić information content (AvgIpc) is 2.24. The highest BCUT2D eigenvalue weighted by Crippen LogP contribution is 2.25. The Morgan fingerprint density at radius 1 is 1.14 bits per heavy atom. The van der Waals surface area contributed by atoms with Crippen LogP contribution in [0.1, 0.15) is 61.8 Å². The van der Waals surface area contributed by atoms with E-state index in [1.165, 1.54) is 0 Å². The number of hydrogen-bond acceptors (Lipinski definition) is 5. The summed E-state index contributed by atoms with van der Waals surface area (Å²) in [5, 5.41) is 9.94. The summed E-state index contributed by atoms with van der Waals surface area (Å²) < 4.78 is 11.3. The van der Waals surface area contributed by atoms with Crippen molar-refractivity contribution in [1.29, 1.82) is 0 Å². The normalized spacial score (nSPS) is 17.5. The van der Waals surface area contributed by atoms with Gasteiger partial charge in [-0.25, -0.2) is 0 Å². The average molecular weight is 303 g/mol. The van der Waals surface area contributed by atoms with Gasteiger partial charge in [0, 0.05) is 6.42 Å². The molecule has 3 N–H and O–H groups in total. The predicted octanol–water partition coefficient (Wildman–Crippen LogP) is 2.25. The first-order chi connectivity index (χ1) is 9.26. The van der Waals surface area contributed by atoms with Gasteiger partial charge in [0.15, 0.2) is 0 Å². The number of aliphatic hydroxyl groups is 1. The number of carbonyl (C=O) groups excluding carboxylic acids is 1. The largest absolute Gasteiger partial charge is 0.461 e. The lowest BCUT2D eigenvalue weighted by molar-refractivity contribution is -0.166. The lowest BCUT2D eigenvalue weighted by Gasteiger charge is -2.36. The summed E-state index contributed by atoms with van der Waals surface area (Å²) in [5.41, 5.74) is 4.34. The molecule has 126 valence electrons. The van der Waals surface area contributed by atoms with Crippen LogP contribution < -0.4 is 5.73 Å². The second-order valence-electron chi connectivity index (χ2n) is 7.39. The van der Waals surface area contributed by atoms with Crippen LogP contribution in [-0.2, 0) is 14.3 Å². The molecule has 0 aliphatic rings. The SMILES string of the molecule is CC(CC(C)(C)OC(C)C(C)(C)O)OC(=O)C(N)C(C)C. The maximum atomic E-state index is 11.8. The molecule has 0 aromatic heterocycles. The van der Waals surface area contributed by atoms with Crippen molar-refractivity contribution in [2.75, 3.05) is 0 Å². The smallest absolute Gasteiger partial charge is 0.323 e. The summed E-state index contributed by atoms with van der Waals surface area (Å²) in [6.07, 6.45) is -0.0936. The van der Waals surface area contributed by atoms with Crippen LogP contribution in [0.3, 0.4) is 0 Å². The second-order valence-corrected chi connectivity index (χ2v) is 7.39. The molecule has 0 spiro atoms. The number of rotatable bonds is 8. The van der Waals surface area contributed by atoms with E-state index in [1.807, 2.05) is 41.5 Å². The first-order valence-electron chi connectivity index (χ1n) is 7.62. The van der Waals surface area contributed by atoms with Crippen LogP contribution in [0.15, 0.2) is 0 Å². The molecule has 0 saturated carbocycles.